The van der Waals surface area contributed by atoms with Gasteiger partial charge < -0.3 is 20.1 Å². The first-order valence-electron chi connectivity index (χ1n) is 14.2. The molecule has 0 aromatic carbocycles. The Bertz CT molecular complexity index is 978. The van der Waals surface area contributed by atoms with Crippen LogP contribution >= 0.6 is 0 Å². The highest BCUT2D eigenvalue weighted by atomic mass is 16.6. The molecule has 0 unspecified atom stereocenters. The van der Waals surface area contributed by atoms with Gasteiger partial charge in [-0.05, 0) is 85.5 Å². The number of carbonyl (C=O) groups excluding carboxylic acids is 1. The third-order valence-corrected chi connectivity index (χ3v) is 13.9. The van der Waals surface area contributed by atoms with E-state index in [0.29, 0.717) is 18.3 Å². The van der Waals surface area contributed by atoms with Gasteiger partial charge in [0.2, 0.25) is 0 Å². The molecule has 2 bridgehead atoms. The molecule has 0 aromatic heterocycles. The number of hydrogen-bond donors (Lipinski definition) is 3. The fourth-order valence-electron chi connectivity index (χ4n) is 11.6. The van der Waals surface area contributed by atoms with Crippen molar-refractivity contribution >= 4 is 5.97 Å². The summed E-state index contributed by atoms with van der Waals surface area (Å²) in [6.07, 6.45) is 9.25. The van der Waals surface area contributed by atoms with Gasteiger partial charge in [-0.3, -0.25) is 4.79 Å². The molecule has 5 heteroatoms. The number of esters is 1. The zero-order valence-electron chi connectivity index (χ0n) is 22.5. The molecule has 6 aliphatic rings. The van der Waals surface area contributed by atoms with E-state index in [0.717, 1.165) is 38.5 Å². The Balaban J connectivity index is 1.52. The average Bonchev–Trinajstić information content (AvgIpc) is 3.01. The Hall–Kier alpha value is -0.910. The summed E-state index contributed by atoms with van der Waals surface area (Å²) in [5, 5.41) is 32.4. The number of aliphatic hydroxyl groups excluding tert-OH is 3. The van der Waals surface area contributed by atoms with Crippen molar-refractivity contribution in [3.63, 3.8) is 0 Å². The first-order valence-corrected chi connectivity index (χ1v) is 14.2. The van der Waals surface area contributed by atoms with Crippen molar-refractivity contribution in [2.75, 3.05) is 6.61 Å². The van der Waals surface area contributed by atoms with E-state index in [1.54, 1.807) is 0 Å². The van der Waals surface area contributed by atoms with Gasteiger partial charge in [0.05, 0.1) is 24.2 Å². The Morgan fingerprint density at radius 3 is 2.43 bits per heavy atom. The number of rotatable bonds is 1. The number of aliphatic hydroxyl groups is 3. The van der Waals surface area contributed by atoms with Gasteiger partial charge in [-0.1, -0.05) is 47.6 Å². The summed E-state index contributed by atoms with van der Waals surface area (Å²) in [6, 6.07) is 0. The zero-order valence-corrected chi connectivity index (χ0v) is 22.5. The van der Waals surface area contributed by atoms with E-state index in [-0.39, 0.29) is 52.0 Å². The minimum Gasteiger partial charge on any atom is -0.453 e. The van der Waals surface area contributed by atoms with Crippen LogP contribution in [0.25, 0.3) is 0 Å². The van der Waals surface area contributed by atoms with Crippen molar-refractivity contribution in [3.8, 4) is 0 Å². The van der Waals surface area contributed by atoms with Crippen LogP contribution in [0.2, 0.25) is 0 Å². The molecule has 1 spiro atoms. The Morgan fingerprint density at radius 1 is 1.03 bits per heavy atom. The van der Waals surface area contributed by atoms with Crippen LogP contribution in [-0.2, 0) is 9.53 Å². The van der Waals surface area contributed by atoms with Gasteiger partial charge in [-0.25, -0.2) is 0 Å². The molecular weight excluding hydrogens is 440 g/mol. The molecule has 0 radical (unpaired) electrons. The van der Waals surface area contributed by atoms with E-state index in [1.165, 1.54) is 0 Å². The summed E-state index contributed by atoms with van der Waals surface area (Å²) in [6.45, 7) is 13.6. The minimum absolute atomic E-state index is 0.0423. The lowest BCUT2D eigenvalue weighted by molar-refractivity contribution is -0.264. The lowest BCUT2D eigenvalue weighted by atomic mass is 9.32. The summed E-state index contributed by atoms with van der Waals surface area (Å²) >= 11 is 0. The third kappa shape index (κ3) is 2.41. The average molecular weight is 487 g/mol. The molecule has 5 nitrogen and oxygen atoms in total. The van der Waals surface area contributed by atoms with E-state index in [2.05, 4.69) is 46.8 Å². The van der Waals surface area contributed by atoms with Gasteiger partial charge in [0.1, 0.15) is 5.60 Å². The molecular formula is C30H46O5. The molecule has 1 aliphatic heterocycles. The second-order valence-corrected chi connectivity index (χ2v) is 14.8. The molecule has 0 amide bonds. The fourth-order valence-corrected chi connectivity index (χ4v) is 11.6. The van der Waals surface area contributed by atoms with Crippen molar-refractivity contribution in [1.29, 1.82) is 0 Å². The predicted molar refractivity (Wildman–Crippen MR) is 133 cm³/mol. The van der Waals surface area contributed by atoms with Crippen LogP contribution < -0.4 is 0 Å². The quantitative estimate of drug-likeness (QED) is 0.376. The number of carbonyl (C=O) groups is 1. The molecule has 1 heterocycles. The maximum absolute atomic E-state index is 13.7. The Kier molecular flexibility index (Phi) is 4.84. The van der Waals surface area contributed by atoms with Crippen molar-refractivity contribution in [3.05, 3.63) is 12.2 Å². The van der Waals surface area contributed by atoms with Crippen LogP contribution in [0.1, 0.15) is 86.5 Å². The molecule has 35 heavy (non-hydrogen) atoms. The van der Waals surface area contributed by atoms with Crippen molar-refractivity contribution in [2.24, 2.45) is 56.7 Å². The van der Waals surface area contributed by atoms with E-state index < -0.39 is 23.2 Å². The minimum atomic E-state index is -0.917. The first kappa shape index (κ1) is 24.4. The second kappa shape index (κ2) is 6.94. The maximum Gasteiger partial charge on any atom is 0.313 e. The van der Waals surface area contributed by atoms with Crippen LogP contribution in [0.15, 0.2) is 12.2 Å². The molecule has 5 aliphatic carbocycles. The summed E-state index contributed by atoms with van der Waals surface area (Å²) in [7, 11) is 0. The number of ether oxygens (including phenoxy) is 1. The van der Waals surface area contributed by atoms with Gasteiger partial charge in [0.25, 0.3) is 0 Å². The lowest BCUT2D eigenvalue weighted by Crippen LogP contribution is -2.72. The maximum atomic E-state index is 13.7. The largest absolute Gasteiger partial charge is 0.453 e. The molecule has 0 aromatic rings. The van der Waals surface area contributed by atoms with Gasteiger partial charge in [-0.15, -0.1) is 0 Å². The molecule has 6 rings (SSSR count). The van der Waals surface area contributed by atoms with E-state index in [9.17, 15) is 20.1 Å². The van der Waals surface area contributed by atoms with E-state index in [1.807, 2.05) is 6.92 Å². The predicted octanol–water partition coefficient (Wildman–Crippen LogP) is 4.48. The molecule has 196 valence electrons. The standard InChI is InChI=1S/C30H46O5/c1-17-7-11-29-14-13-28(6)27(5)10-8-20-25(3,15-19(32)23(33)26(20,4)16-31)21(27)9-12-30(28,35-24(29)34)22(29)18(17)2/h9,12,17-23,31-33H,7-8,10-11,13-16H2,1-6H3/t17-,18+,19-,20+,21+,22-,23+,25+,26+,27-,28+,29+,30+/m1/s1. The van der Waals surface area contributed by atoms with Crippen LogP contribution in [0.4, 0.5) is 0 Å². The smallest absolute Gasteiger partial charge is 0.313 e. The van der Waals surface area contributed by atoms with Gasteiger partial charge in [0, 0.05) is 16.7 Å². The van der Waals surface area contributed by atoms with Gasteiger partial charge in [0.15, 0.2) is 0 Å². The van der Waals surface area contributed by atoms with Crippen LogP contribution in [0, 0.1) is 56.7 Å². The van der Waals surface area contributed by atoms with E-state index in [4.69, 9.17) is 4.74 Å². The van der Waals surface area contributed by atoms with Crippen molar-refractivity contribution < 1.29 is 24.9 Å². The number of hydrogen-bond acceptors (Lipinski definition) is 5. The second-order valence-electron chi connectivity index (χ2n) is 14.8. The SMILES string of the molecule is C[C@H]1[C@H](C)CC[C@@]23CC[C@]4(C)[C@@](C=C[C@H]5[C@@]6(C)C[C@@H](O)[C@H](O)[C@@](C)(CO)[C@H]6CC[C@]54C)(OC2=O)[C@H]13. The molecule has 3 N–H and O–H groups in total. The fraction of sp³-hybridized carbons (Fsp3) is 0.900. The van der Waals surface area contributed by atoms with Crippen molar-refractivity contribution in [1.82, 2.24) is 0 Å². The monoisotopic (exact) mass is 486 g/mol. The third-order valence-electron chi connectivity index (χ3n) is 13.9. The highest BCUT2D eigenvalue weighted by molar-refractivity contribution is 5.82. The van der Waals surface area contributed by atoms with Crippen molar-refractivity contribution in [2.45, 2.75) is 104 Å². The van der Waals surface area contributed by atoms with Crippen LogP contribution in [-0.4, -0.2) is 45.7 Å². The number of allylic oxidation sites excluding steroid dienone is 1. The molecule has 13 atom stereocenters. The first-order chi connectivity index (χ1) is 16.3. The van der Waals surface area contributed by atoms with Gasteiger partial charge in [-0.2, -0.15) is 0 Å². The van der Waals surface area contributed by atoms with Crippen LogP contribution in [0.5, 0.6) is 0 Å². The zero-order chi connectivity index (χ0) is 25.4. The highest BCUT2D eigenvalue weighted by Gasteiger charge is 2.80. The summed E-state index contributed by atoms with van der Waals surface area (Å²) in [4.78, 5) is 13.7. The Labute approximate surface area is 210 Å². The molecule has 5 fully saturated rings. The highest BCUT2D eigenvalue weighted by Crippen LogP contribution is 2.79. The Morgan fingerprint density at radius 2 is 1.74 bits per heavy atom. The summed E-state index contributed by atoms with van der Waals surface area (Å²) in [5.41, 5.74) is -2.20. The normalized spacial score (nSPS) is 62.9. The van der Waals surface area contributed by atoms with Crippen LogP contribution in [0.3, 0.4) is 0 Å². The lowest BCUT2D eigenvalue weighted by Gasteiger charge is -2.72. The van der Waals surface area contributed by atoms with Gasteiger partial charge >= 0.3 is 5.97 Å². The molecule has 1 saturated heterocycles. The summed E-state index contributed by atoms with van der Waals surface area (Å²) in [5.74, 6) is 1.55. The van der Waals surface area contributed by atoms with E-state index >= 15 is 0 Å². The number of fused-ring (bicyclic) bond motifs is 4. The topological polar surface area (TPSA) is 87.0 Å². The summed E-state index contributed by atoms with van der Waals surface area (Å²) < 4.78 is 6.66. The molecule has 4 saturated carbocycles.